The molecule has 6 heterocycles. The smallest absolute Gasteiger partial charge is 0.246 e. The van der Waals surface area contributed by atoms with Gasteiger partial charge < -0.3 is 15.0 Å². The first kappa shape index (κ1) is 24.1. The van der Waals surface area contributed by atoms with Crippen LogP contribution in [0.15, 0.2) is 67.9 Å². The second-order valence-electron chi connectivity index (χ2n) is 10.2. The lowest BCUT2D eigenvalue weighted by Gasteiger charge is -2.23. The Bertz CT molecular complexity index is 1800. The van der Waals surface area contributed by atoms with Crippen LogP contribution in [0, 0.1) is 12.7 Å². The molecule has 2 fully saturated rings. The van der Waals surface area contributed by atoms with Gasteiger partial charge in [-0.15, -0.1) is 0 Å². The Labute approximate surface area is 228 Å². The lowest BCUT2D eigenvalue weighted by molar-refractivity contribution is -0.127. The van der Waals surface area contributed by atoms with Crippen LogP contribution in [-0.2, 0) is 4.79 Å². The summed E-state index contributed by atoms with van der Waals surface area (Å²) in [5, 5.41) is 7.18. The lowest BCUT2D eigenvalue weighted by Crippen LogP contribution is -2.34. The molecule has 1 aromatic carbocycles. The Morgan fingerprint density at radius 2 is 2.05 bits per heavy atom. The highest BCUT2D eigenvalue weighted by atomic mass is 19.1. The van der Waals surface area contributed by atoms with Crippen molar-refractivity contribution in [1.29, 1.82) is 0 Å². The maximum absolute atomic E-state index is 15.3. The molecule has 7 rings (SSSR count). The molecule has 40 heavy (non-hydrogen) atoms. The molecule has 4 aromatic heterocycles. The number of nitrogens with one attached hydrogen (secondary N) is 1. The molecule has 2 bridgehead atoms. The quantitative estimate of drug-likeness (QED) is 0.299. The molecule has 200 valence electrons. The van der Waals surface area contributed by atoms with Gasteiger partial charge >= 0.3 is 0 Å². The van der Waals surface area contributed by atoms with Crippen molar-refractivity contribution in [2.45, 2.75) is 44.2 Å². The lowest BCUT2D eigenvalue weighted by atomic mass is 9.86. The first-order chi connectivity index (χ1) is 19.5. The zero-order valence-electron chi connectivity index (χ0n) is 21.7. The van der Waals surface area contributed by atoms with Gasteiger partial charge in [-0.25, -0.2) is 28.8 Å². The molecule has 0 radical (unpaired) electrons. The number of aromatic nitrogens is 6. The zero-order valence-corrected chi connectivity index (χ0v) is 21.7. The molecule has 1 N–H and O–H groups in total. The van der Waals surface area contributed by atoms with E-state index in [1.165, 1.54) is 24.8 Å². The van der Waals surface area contributed by atoms with Gasteiger partial charge in [-0.05, 0) is 62.1 Å². The number of rotatable bonds is 6. The molecule has 3 unspecified atom stereocenters. The summed E-state index contributed by atoms with van der Waals surface area (Å²) in [5.41, 5.74) is 3.66. The van der Waals surface area contributed by atoms with E-state index in [9.17, 15) is 4.79 Å². The number of carbonyl (C=O) groups is 1. The van der Waals surface area contributed by atoms with E-state index in [-0.39, 0.29) is 29.6 Å². The van der Waals surface area contributed by atoms with E-state index in [0.717, 1.165) is 30.5 Å². The van der Waals surface area contributed by atoms with E-state index in [2.05, 4.69) is 31.9 Å². The molecule has 2 aliphatic rings. The molecule has 1 amide bonds. The van der Waals surface area contributed by atoms with Crippen LogP contribution in [0.5, 0.6) is 11.5 Å². The summed E-state index contributed by atoms with van der Waals surface area (Å²) in [7, 11) is 0. The second kappa shape index (κ2) is 9.37. The van der Waals surface area contributed by atoms with Gasteiger partial charge in [0.1, 0.15) is 35.5 Å². The number of ether oxygens (including phenoxy) is 1. The zero-order chi connectivity index (χ0) is 27.4. The summed E-state index contributed by atoms with van der Waals surface area (Å²) >= 11 is 0. The van der Waals surface area contributed by atoms with Crippen LogP contribution >= 0.6 is 0 Å². The summed E-state index contributed by atoms with van der Waals surface area (Å²) < 4.78 is 22.9. The molecule has 5 aromatic rings. The number of pyridine rings is 2. The molecule has 0 saturated carbocycles. The molecule has 3 atom stereocenters. The number of hydrogen-bond acceptors (Lipinski definition) is 8. The molecular formula is C29H25FN8O2. The number of fused-ring (bicyclic) bond motifs is 4. The average Bonchev–Trinajstić information content (AvgIpc) is 3.70. The van der Waals surface area contributed by atoms with Crippen molar-refractivity contribution < 1.29 is 13.9 Å². The van der Waals surface area contributed by atoms with Crippen LogP contribution in [-0.4, -0.2) is 52.4 Å². The first-order valence-electron chi connectivity index (χ1n) is 13.1. The Kier molecular flexibility index (Phi) is 5.65. The van der Waals surface area contributed by atoms with Crippen molar-refractivity contribution in [3.63, 3.8) is 0 Å². The summed E-state index contributed by atoms with van der Waals surface area (Å²) in [6, 6.07) is 10.7. The number of carbonyl (C=O) groups excluding carboxylic acids is 1. The Morgan fingerprint density at radius 3 is 2.92 bits per heavy atom. The van der Waals surface area contributed by atoms with Crippen LogP contribution < -0.4 is 10.1 Å². The van der Waals surface area contributed by atoms with Gasteiger partial charge in [0, 0.05) is 42.0 Å². The number of halogens is 1. The average molecular weight is 537 g/mol. The van der Waals surface area contributed by atoms with Crippen molar-refractivity contribution in [1.82, 2.24) is 34.4 Å². The van der Waals surface area contributed by atoms with Gasteiger partial charge in [0.25, 0.3) is 0 Å². The minimum absolute atomic E-state index is 0.0289. The largest absolute Gasteiger partial charge is 0.457 e. The SMILES string of the molecule is C=CC(=O)N1C2CCC1C(c1ccc3ncnc(Nc4cc(C)c(Oc5ccn6ncnc6c5)cc4F)c3n1)C2. The van der Waals surface area contributed by atoms with Crippen molar-refractivity contribution in [2.24, 2.45) is 0 Å². The molecule has 0 aliphatic carbocycles. The second-order valence-corrected chi connectivity index (χ2v) is 10.2. The third-order valence-corrected chi connectivity index (χ3v) is 7.85. The number of aryl methyl sites for hydroxylation is 1. The van der Waals surface area contributed by atoms with Gasteiger partial charge in [-0.1, -0.05) is 6.58 Å². The Hall–Kier alpha value is -4.93. The van der Waals surface area contributed by atoms with E-state index in [1.807, 2.05) is 24.0 Å². The third kappa shape index (κ3) is 4.01. The maximum atomic E-state index is 15.3. The summed E-state index contributed by atoms with van der Waals surface area (Å²) in [6.07, 6.45) is 8.80. The first-order valence-corrected chi connectivity index (χ1v) is 13.1. The van der Waals surface area contributed by atoms with Gasteiger partial charge in [0.15, 0.2) is 11.5 Å². The fourth-order valence-electron chi connectivity index (χ4n) is 5.99. The minimum atomic E-state index is -0.501. The van der Waals surface area contributed by atoms with Crippen LogP contribution in [0.2, 0.25) is 0 Å². The van der Waals surface area contributed by atoms with Crippen LogP contribution in [0.1, 0.15) is 36.4 Å². The molecule has 11 heteroatoms. The van der Waals surface area contributed by atoms with E-state index >= 15 is 4.39 Å². The Morgan fingerprint density at radius 1 is 1.15 bits per heavy atom. The fraction of sp³-hybridized carbons (Fsp3) is 0.241. The summed E-state index contributed by atoms with van der Waals surface area (Å²) in [6.45, 7) is 5.51. The predicted molar refractivity (Wildman–Crippen MR) is 146 cm³/mol. The van der Waals surface area contributed by atoms with Crippen molar-refractivity contribution in [3.8, 4) is 11.5 Å². The maximum Gasteiger partial charge on any atom is 0.246 e. The van der Waals surface area contributed by atoms with Crippen molar-refractivity contribution >= 4 is 34.1 Å². The highest BCUT2D eigenvalue weighted by molar-refractivity contribution is 5.89. The van der Waals surface area contributed by atoms with Crippen LogP contribution in [0.3, 0.4) is 0 Å². The number of hydrogen-bond donors (Lipinski definition) is 1. The normalized spacial score (nSPS) is 19.9. The van der Waals surface area contributed by atoms with Crippen molar-refractivity contribution in [2.75, 3.05) is 5.32 Å². The van der Waals surface area contributed by atoms with Crippen molar-refractivity contribution in [3.05, 3.63) is 85.0 Å². The van der Waals surface area contributed by atoms with E-state index < -0.39 is 5.82 Å². The standard InChI is InChI=1S/C29H25FN8O2/c1-3-27(39)38-17-4-7-24(38)19(11-17)21-5-6-22-28(35-21)29(33-14-31-22)36-23-10-16(2)25(13-20(23)30)40-18-8-9-37-26(12-18)32-15-34-37/h3,5-6,8-10,12-15,17,19,24H,1,4,7,11H2,2H3,(H,31,33,36). The highest BCUT2D eigenvalue weighted by Crippen LogP contribution is 2.46. The van der Waals surface area contributed by atoms with Gasteiger partial charge in [0.05, 0.1) is 11.2 Å². The number of nitrogens with zero attached hydrogens (tertiary/aromatic N) is 7. The molecule has 2 saturated heterocycles. The fourth-order valence-corrected chi connectivity index (χ4v) is 5.99. The molecule has 0 spiro atoms. The molecule has 2 aliphatic heterocycles. The molecular weight excluding hydrogens is 511 g/mol. The third-order valence-electron chi connectivity index (χ3n) is 7.85. The van der Waals surface area contributed by atoms with E-state index in [4.69, 9.17) is 9.72 Å². The number of benzene rings is 1. The highest BCUT2D eigenvalue weighted by Gasteiger charge is 2.48. The van der Waals surface area contributed by atoms with Gasteiger partial charge in [0.2, 0.25) is 5.91 Å². The monoisotopic (exact) mass is 536 g/mol. The Balaban J connectivity index is 1.17. The summed E-state index contributed by atoms with van der Waals surface area (Å²) in [5.74, 6) is 0.898. The number of anilines is 2. The predicted octanol–water partition coefficient (Wildman–Crippen LogP) is 5.08. The molecule has 10 nitrogen and oxygen atoms in total. The minimum Gasteiger partial charge on any atom is -0.457 e. The topological polar surface area (TPSA) is 110 Å². The number of amides is 1. The van der Waals surface area contributed by atoms with Crippen LogP contribution in [0.4, 0.5) is 15.9 Å². The summed E-state index contributed by atoms with van der Waals surface area (Å²) in [4.78, 5) is 32.2. The van der Waals surface area contributed by atoms with Gasteiger partial charge in [-0.3, -0.25) is 4.79 Å². The van der Waals surface area contributed by atoms with Crippen LogP contribution in [0.25, 0.3) is 16.7 Å². The van der Waals surface area contributed by atoms with Gasteiger partial charge in [-0.2, -0.15) is 5.10 Å². The van der Waals surface area contributed by atoms with E-state index in [1.54, 1.807) is 28.9 Å². The van der Waals surface area contributed by atoms with E-state index in [0.29, 0.717) is 34.0 Å².